The van der Waals surface area contributed by atoms with Crippen LogP contribution in [0, 0.1) is 0 Å². The van der Waals surface area contributed by atoms with Gasteiger partial charge in [-0.3, -0.25) is 9.51 Å². The molecule has 1 aliphatic heterocycles. The molecule has 3 heterocycles. The molecule has 0 amide bonds. The van der Waals surface area contributed by atoms with Gasteiger partial charge in [-0.05, 0) is 53.5 Å². The first-order chi connectivity index (χ1) is 17.8. The Morgan fingerprint density at radius 2 is 1.81 bits per heavy atom. The van der Waals surface area contributed by atoms with Gasteiger partial charge in [0, 0.05) is 23.1 Å². The van der Waals surface area contributed by atoms with E-state index in [9.17, 15) is 4.79 Å². The van der Waals surface area contributed by atoms with E-state index in [-0.39, 0.29) is 5.41 Å². The fraction of sp³-hybridized carbons (Fsp3) is 0.233. The van der Waals surface area contributed by atoms with E-state index in [0.717, 1.165) is 56.0 Å². The van der Waals surface area contributed by atoms with Crippen LogP contribution in [-0.2, 0) is 18.6 Å². The molecule has 37 heavy (non-hydrogen) atoms. The van der Waals surface area contributed by atoms with Crippen molar-refractivity contribution >= 4 is 22.2 Å². The van der Waals surface area contributed by atoms with E-state index in [1.165, 1.54) is 0 Å². The SMILES string of the molecule is CC(=C1c2ccc(Cn3c(C(C)(C)C)nc4ccccc43)cc2COc2ccccc21)c1noc(=O)[nH]1. The smallest absolute Gasteiger partial charge is 0.439 e. The summed E-state index contributed by atoms with van der Waals surface area (Å²) in [6.45, 7) is 9.66. The van der Waals surface area contributed by atoms with Crippen LogP contribution in [0.1, 0.15) is 61.6 Å². The lowest BCUT2D eigenvalue weighted by molar-refractivity contribution is 0.307. The van der Waals surface area contributed by atoms with Gasteiger partial charge in [0.2, 0.25) is 0 Å². The summed E-state index contributed by atoms with van der Waals surface area (Å²) in [5, 5.41) is 3.94. The molecule has 1 N–H and O–H groups in total. The number of allylic oxidation sites excluding steroid dienone is 1. The first-order valence-electron chi connectivity index (χ1n) is 12.4. The van der Waals surface area contributed by atoms with Gasteiger partial charge in [-0.2, -0.15) is 0 Å². The lowest BCUT2D eigenvalue weighted by Gasteiger charge is -2.21. The van der Waals surface area contributed by atoms with Gasteiger partial charge in [-0.25, -0.2) is 9.78 Å². The number of H-pyrrole nitrogens is 1. The molecule has 1 aliphatic rings. The number of ether oxygens (including phenoxy) is 1. The van der Waals surface area contributed by atoms with E-state index >= 15 is 0 Å². The molecule has 0 atom stereocenters. The fourth-order valence-electron chi connectivity index (χ4n) is 5.11. The minimum atomic E-state index is -0.578. The van der Waals surface area contributed by atoms with Gasteiger partial charge >= 0.3 is 5.76 Å². The van der Waals surface area contributed by atoms with Crippen LogP contribution in [-0.4, -0.2) is 19.7 Å². The summed E-state index contributed by atoms with van der Waals surface area (Å²) in [6, 6.07) is 22.7. The Morgan fingerprint density at radius 3 is 2.59 bits per heavy atom. The highest BCUT2D eigenvalue weighted by Gasteiger charge is 2.25. The Bertz CT molecular complexity index is 1730. The Labute approximate surface area is 214 Å². The van der Waals surface area contributed by atoms with Crippen LogP contribution in [0.25, 0.3) is 22.2 Å². The molecule has 0 spiro atoms. The molecule has 0 saturated carbocycles. The summed E-state index contributed by atoms with van der Waals surface area (Å²) < 4.78 is 13.4. The monoisotopic (exact) mass is 492 g/mol. The number of benzene rings is 3. The Kier molecular flexibility index (Phi) is 5.37. The standard InChI is InChI=1S/C30H28N4O3/c1-18(27-32-29(35)37-33-27)26-21-14-13-19(15-20(21)17-36-25-12-8-5-9-22(25)26)16-34-24-11-7-6-10-23(24)31-28(34)30(2,3)4/h5-15H,16-17H2,1-4H3,(H,32,33,35). The second kappa shape index (κ2) is 8.62. The van der Waals surface area contributed by atoms with Gasteiger partial charge in [-0.15, -0.1) is 0 Å². The maximum Gasteiger partial charge on any atom is 0.439 e. The molecule has 0 unspecified atom stereocenters. The van der Waals surface area contributed by atoms with Gasteiger partial charge in [0.15, 0.2) is 5.82 Å². The van der Waals surface area contributed by atoms with E-state index in [0.29, 0.717) is 19.0 Å². The van der Waals surface area contributed by atoms with Crippen molar-refractivity contribution in [1.82, 2.24) is 19.7 Å². The van der Waals surface area contributed by atoms with Crippen molar-refractivity contribution in [2.45, 2.75) is 46.3 Å². The number of rotatable bonds is 3. The fourth-order valence-corrected chi connectivity index (χ4v) is 5.11. The summed E-state index contributed by atoms with van der Waals surface area (Å²) in [7, 11) is 0. The van der Waals surface area contributed by atoms with Crippen molar-refractivity contribution in [3.05, 3.63) is 111 Å². The quantitative estimate of drug-likeness (QED) is 0.337. The van der Waals surface area contributed by atoms with Crippen molar-refractivity contribution in [3.63, 3.8) is 0 Å². The third-order valence-electron chi connectivity index (χ3n) is 6.82. The third-order valence-corrected chi connectivity index (χ3v) is 6.82. The Balaban J connectivity index is 1.49. The minimum absolute atomic E-state index is 0.100. The lowest BCUT2D eigenvalue weighted by Crippen LogP contribution is -2.19. The van der Waals surface area contributed by atoms with Crippen molar-refractivity contribution in [2.24, 2.45) is 0 Å². The average molecular weight is 493 g/mol. The van der Waals surface area contributed by atoms with Crippen molar-refractivity contribution in [2.75, 3.05) is 0 Å². The zero-order valence-electron chi connectivity index (χ0n) is 21.3. The van der Waals surface area contributed by atoms with Gasteiger partial charge < -0.3 is 9.30 Å². The molecule has 3 aromatic carbocycles. The number of imidazole rings is 1. The second-order valence-electron chi connectivity index (χ2n) is 10.5. The third kappa shape index (κ3) is 4.06. The van der Waals surface area contributed by atoms with Crippen LogP contribution in [0.4, 0.5) is 0 Å². The molecular formula is C30H28N4O3. The topological polar surface area (TPSA) is 85.9 Å². The van der Waals surface area contributed by atoms with E-state index in [2.05, 4.69) is 71.9 Å². The van der Waals surface area contributed by atoms with Crippen LogP contribution in [0.3, 0.4) is 0 Å². The van der Waals surface area contributed by atoms with Gasteiger partial charge in [0.1, 0.15) is 18.2 Å². The lowest BCUT2D eigenvalue weighted by atomic mass is 9.89. The van der Waals surface area contributed by atoms with Crippen LogP contribution < -0.4 is 10.5 Å². The van der Waals surface area contributed by atoms with E-state index in [4.69, 9.17) is 14.2 Å². The number of para-hydroxylation sites is 3. The van der Waals surface area contributed by atoms with Crippen LogP contribution in [0.5, 0.6) is 5.75 Å². The summed E-state index contributed by atoms with van der Waals surface area (Å²) in [5.74, 6) is 1.67. The Hall–Kier alpha value is -4.39. The van der Waals surface area contributed by atoms with Gasteiger partial charge in [0.25, 0.3) is 0 Å². The Morgan fingerprint density at radius 1 is 1.03 bits per heavy atom. The van der Waals surface area contributed by atoms with Crippen LogP contribution >= 0.6 is 0 Å². The zero-order chi connectivity index (χ0) is 25.7. The molecule has 0 radical (unpaired) electrons. The molecule has 0 saturated heterocycles. The van der Waals surface area contributed by atoms with Gasteiger partial charge in [-0.1, -0.05) is 68.4 Å². The van der Waals surface area contributed by atoms with Crippen molar-refractivity contribution in [3.8, 4) is 5.75 Å². The highest BCUT2D eigenvalue weighted by molar-refractivity contribution is 5.99. The number of hydrogen-bond acceptors (Lipinski definition) is 5. The largest absolute Gasteiger partial charge is 0.488 e. The summed E-state index contributed by atoms with van der Waals surface area (Å²) in [4.78, 5) is 19.3. The van der Waals surface area contributed by atoms with Crippen LogP contribution in [0.15, 0.2) is 76.0 Å². The molecule has 2 aromatic heterocycles. The molecule has 0 fully saturated rings. The molecule has 186 valence electrons. The minimum Gasteiger partial charge on any atom is -0.488 e. The molecule has 0 aliphatic carbocycles. The highest BCUT2D eigenvalue weighted by atomic mass is 16.5. The van der Waals surface area contributed by atoms with E-state index in [1.54, 1.807) is 0 Å². The van der Waals surface area contributed by atoms with Crippen molar-refractivity contribution < 1.29 is 9.26 Å². The summed E-state index contributed by atoms with van der Waals surface area (Å²) in [6.07, 6.45) is 0. The normalized spacial score (nSPS) is 14.6. The summed E-state index contributed by atoms with van der Waals surface area (Å²) in [5.41, 5.74) is 8.02. The number of aromatic amines is 1. The zero-order valence-corrected chi connectivity index (χ0v) is 21.3. The molecule has 7 heteroatoms. The van der Waals surface area contributed by atoms with E-state index < -0.39 is 5.76 Å². The maximum absolute atomic E-state index is 11.7. The molecular weight excluding hydrogens is 464 g/mol. The van der Waals surface area contributed by atoms with Gasteiger partial charge in [0.05, 0.1) is 11.0 Å². The molecule has 7 nitrogen and oxygen atoms in total. The predicted octanol–water partition coefficient (Wildman–Crippen LogP) is 5.93. The average Bonchev–Trinajstić information content (AvgIpc) is 3.44. The molecule has 6 rings (SSSR count). The van der Waals surface area contributed by atoms with Crippen LogP contribution in [0.2, 0.25) is 0 Å². The van der Waals surface area contributed by atoms with Crippen molar-refractivity contribution in [1.29, 1.82) is 0 Å². The first-order valence-corrected chi connectivity index (χ1v) is 12.4. The number of nitrogens with one attached hydrogen (secondary N) is 1. The molecule has 0 bridgehead atoms. The number of nitrogens with zero attached hydrogens (tertiary/aromatic N) is 3. The number of hydrogen-bond donors (Lipinski definition) is 1. The number of fused-ring (bicyclic) bond motifs is 3. The number of aromatic nitrogens is 4. The summed E-state index contributed by atoms with van der Waals surface area (Å²) >= 11 is 0. The maximum atomic E-state index is 11.7. The highest BCUT2D eigenvalue weighted by Crippen LogP contribution is 2.40. The second-order valence-corrected chi connectivity index (χ2v) is 10.5. The first kappa shape index (κ1) is 23.0. The molecule has 5 aromatic rings. The predicted molar refractivity (Wildman–Crippen MR) is 143 cm³/mol. The van der Waals surface area contributed by atoms with E-state index in [1.807, 2.05) is 37.3 Å².